The van der Waals surface area contributed by atoms with Crippen molar-refractivity contribution in [3.05, 3.63) is 24.3 Å². The molecule has 0 aromatic heterocycles. The smallest absolute Gasteiger partial charge is 0.341 e. The summed E-state index contributed by atoms with van der Waals surface area (Å²) in [4.78, 5) is 21.1. The average Bonchev–Trinajstić information content (AvgIpc) is 2.29. The summed E-state index contributed by atoms with van der Waals surface area (Å²) in [5.74, 6) is -1.20. The van der Waals surface area contributed by atoms with Gasteiger partial charge in [0.1, 0.15) is 5.75 Å². The van der Waals surface area contributed by atoms with Crippen LogP contribution in [0.5, 0.6) is 5.75 Å². The van der Waals surface area contributed by atoms with E-state index in [1.165, 1.54) is 0 Å². The zero-order valence-corrected chi connectivity index (χ0v) is 9.09. The number of hydrogen-bond donors (Lipinski definition) is 2. The molecular formula is C11H13NO5. The quantitative estimate of drug-likeness (QED) is 0.559. The molecule has 0 aliphatic carbocycles. The van der Waals surface area contributed by atoms with Crippen molar-refractivity contribution in [2.24, 2.45) is 0 Å². The van der Waals surface area contributed by atoms with Gasteiger partial charge >= 0.3 is 11.9 Å². The molecule has 0 amide bonds. The molecule has 0 unspecified atom stereocenters. The number of hydrogen-bond acceptors (Lipinski definition) is 5. The van der Waals surface area contributed by atoms with E-state index >= 15 is 0 Å². The number of aliphatic carboxylic acids is 1. The monoisotopic (exact) mass is 239 g/mol. The van der Waals surface area contributed by atoms with E-state index in [-0.39, 0.29) is 13.0 Å². The minimum atomic E-state index is -1.18. The second-order valence-electron chi connectivity index (χ2n) is 3.22. The third kappa shape index (κ3) is 5.41. The number of rotatable bonds is 6. The van der Waals surface area contributed by atoms with Crippen LogP contribution in [0, 0.1) is 0 Å². The largest absolute Gasteiger partial charge is 0.493 e. The Morgan fingerprint density at radius 3 is 2.47 bits per heavy atom. The van der Waals surface area contributed by atoms with Crippen LogP contribution >= 0.6 is 0 Å². The molecule has 0 atom stereocenters. The van der Waals surface area contributed by atoms with Crippen molar-refractivity contribution in [2.45, 2.75) is 6.42 Å². The van der Waals surface area contributed by atoms with E-state index in [4.69, 9.17) is 15.6 Å². The highest BCUT2D eigenvalue weighted by Crippen LogP contribution is 2.13. The second kappa shape index (κ2) is 6.37. The summed E-state index contributed by atoms with van der Waals surface area (Å²) in [6.45, 7) is -0.497. The lowest BCUT2D eigenvalue weighted by Crippen LogP contribution is -2.15. The fourth-order valence-electron chi connectivity index (χ4n) is 1.03. The maximum absolute atomic E-state index is 11.0. The predicted molar refractivity (Wildman–Crippen MR) is 59.6 cm³/mol. The molecule has 17 heavy (non-hydrogen) atoms. The number of carbonyl (C=O) groups is 2. The fourth-order valence-corrected chi connectivity index (χ4v) is 1.03. The van der Waals surface area contributed by atoms with Crippen LogP contribution in [0.15, 0.2) is 24.3 Å². The van der Waals surface area contributed by atoms with E-state index in [0.29, 0.717) is 11.4 Å². The number of ether oxygens (including phenoxy) is 2. The minimum Gasteiger partial charge on any atom is -0.493 e. The van der Waals surface area contributed by atoms with E-state index in [1.54, 1.807) is 24.3 Å². The Hall–Kier alpha value is -2.24. The molecule has 0 heterocycles. The summed E-state index contributed by atoms with van der Waals surface area (Å²) < 4.78 is 9.66. The Kier molecular flexibility index (Phi) is 4.80. The number of benzene rings is 1. The minimum absolute atomic E-state index is 0.00232. The molecule has 3 N–H and O–H groups in total. The van der Waals surface area contributed by atoms with Gasteiger partial charge in [0.05, 0.1) is 13.0 Å². The summed E-state index contributed by atoms with van der Waals surface area (Å²) in [7, 11) is 0. The first-order valence-corrected chi connectivity index (χ1v) is 4.93. The van der Waals surface area contributed by atoms with Gasteiger partial charge in [-0.25, -0.2) is 4.79 Å². The van der Waals surface area contributed by atoms with Gasteiger partial charge in [-0.2, -0.15) is 0 Å². The Bertz CT molecular complexity index is 387. The van der Waals surface area contributed by atoms with Crippen LogP contribution in [0.4, 0.5) is 5.69 Å². The first kappa shape index (κ1) is 12.8. The summed E-state index contributed by atoms with van der Waals surface area (Å²) in [6, 6.07) is 6.71. The first-order chi connectivity index (χ1) is 8.08. The Balaban J connectivity index is 2.21. The zero-order valence-electron chi connectivity index (χ0n) is 9.09. The normalized spacial score (nSPS) is 9.65. The van der Waals surface area contributed by atoms with Crippen molar-refractivity contribution >= 4 is 17.6 Å². The van der Waals surface area contributed by atoms with Crippen LogP contribution in [0.1, 0.15) is 6.42 Å². The van der Waals surface area contributed by atoms with Gasteiger partial charge in [0.2, 0.25) is 0 Å². The number of carboxylic acids is 1. The second-order valence-corrected chi connectivity index (χ2v) is 3.22. The van der Waals surface area contributed by atoms with E-state index in [9.17, 15) is 9.59 Å². The van der Waals surface area contributed by atoms with Crippen LogP contribution in [-0.4, -0.2) is 30.3 Å². The number of carbonyl (C=O) groups excluding carboxylic acids is 1. The molecule has 0 bridgehead atoms. The van der Waals surface area contributed by atoms with Crippen molar-refractivity contribution < 1.29 is 24.2 Å². The molecule has 6 heteroatoms. The van der Waals surface area contributed by atoms with Gasteiger partial charge in [-0.05, 0) is 24.3 Å². The zero-order chi connectivity index (χ0) is 12.7. The van der Waals surface area contributed by atoms with Gasteiger partial charge in [0, 0.05) is 5.69 Å². The maximum Gasteiger partial charge on any atom is 0.341 e. The number of esters is 1. The molecule has 1 rings (SSSR count). The number of nitrogen functional groups attached to an aromatic ring is 1. The molecule has 0 aliphatic heterocycles. The number of nitrogens with two attached hydrogens (primary N) is 1. The fraction of sp³-hybridized carbons (Fsp3) is 0.273. The highest BCUT2D eigenvalue weighted by atomic mass is 16.6. The molecule has 6 nitrogen and oxygen atoms in total. The van der Waals surface area contributed by atoms with Gasteiger partial charge in [-0.3, -0.25) is 4.79 Å². The van der Waals surface area contributed by atoms with Crippen LogP contribution in [0.3, 0.4) is 0 Å². The summed E-state index contributed by atoms with van der Waals surface area (Å²) in [6.07, 6.45) is -0.00232. The number of carboxylic acid groups (broad SMARTS) is 1. The van der Waals surface area contributed by atoms with Crippen LogP contribution in [0.2, 0.25) is 0 Å². The molecule has 0 saturated carbocycles. The van der Waals surface area contributed by atoms with E-state index in [0.717, 1.165) is 0 Å². The lowest BCUT2D eigenvalue weighted by molar-refractivity contribution is -0.155. The Labute approximate surface area is 97.9 Å². The summed E-state index contributed by atoms with van der Waals surface area (Å²) in [5, 5.41) is 8.27. The van der Waals surface area contributed by atoms with Gasteiger partial charge < -0.3 is 20.3 Å². The van der Waals surface area contributed by atoms with Crippen LogP contribution in [-0.2, 0) is 14.3 Å². The molecule has 1 aromatic carbocycles. The third-order valence-corrected chi connectivity index (χ3v) is 1.81. The van der Waals surface area contributed by atoms with Crippen molar-refractivity contribution in [2.75, 3.05) is 18.9 Å². The molecule has 0 saturated heterocycles. The van der Waals surface area contributed by atoms with Gasteiger partial charge in [-0.1, -0.05) is 0 Å². The topological polar surface area (TPSA) is 98.9 Å². The lowest BCUT2D eigenvalue weighted by atomic mass is 10.3. The van der Waals surface area contributed by atoms with Crippen molar-refractivity contribution in [3.8, 4) is 5.75 Å². The number of anilines is 1. The van der Waals surface area contributed by atoms with Crippen molar-refractivity contribution in [3.63, 3.8) is 0 Å². The van der Waals surface area contributed by atoms with Gasteiger partial charge in [-0.15, -0.1) is 0 Å². The molecule has 0 aliphatic rings. The van der Waals surface area contributed by atoms with Crippen molar-refractivity contribution in [1.82, 2.24) is 0 Å². The molecule has 92 valence electrons. The molecule has 0 fully saturated rings. The highest BCUT2D eigenvalue weighted by Gasteiger charge is 2.06. The molecule has 0 radical (unpaired) electrons. The lowest BCUT2D eigenvalue weighted by Gasteiger charge is -2.05. The van der Waals surface area contributed by atoms with E-state index < -0.39 is 18.5 Å². The standard InChI is InChI=1S/C11H13NO5/c12-8-1-3-9(4-2-8)16-6-5-11(15)17-7-10(13)14/h1-4H,5-7,12H2,(H,13,14). The van der Waals surface area contributed by atoms with Crippen LogP contribution in [0.25, 0.3) is 0 Å². The molecular weight excluding hydrogens is 226 g/mol. The van der Waals surface area contributed by atoms with Crippen molar-refractivity contribution in [1.29, 1.82) is 0 Å². The Morgan fingerprint density at radius 1 is 1.24 bits per heavy atom. The third-order valence-electron chi connectivity index (χ3n) is 1.81. The Morgan fingerprint density at radius 2 is 1.88 bits per heavy atom. The van der Waals surface area contributed by atoms with Gasteiger partial charge in [0.15, 0.2) is 6.61 Å². The first-order valence-electron chi connectivity index (χ1n) is 4.93. The maximum atomic E-state index is 11.0. The summed E-state index contributed by atoms with van der Waals surface area (Å²) in [5.41, 5.74) is 6.11. The highest BCUT2D eigenvalue weighted by molar-refractivity contribution is 5.75. The van der Waals surface area contributed by atoms with Gasteiger partial charge in [0.25, 0.3) is 0 Å². The van der Waals surface area contributed by atoms with Crippen LogP contribution < -0.4 is 10.5 Å². The predicted octanol–water partition coefficient (Wildman–Crippen LogP) is 0.665. The van der Waals surface area contributed by atoms with E-state index in [2.05, 4.69) is 4.74 Å². The molecule has 1 aromatic rings. The van der Waals surface area contributed by atoms with E-state index in [1.807, 2.05) is 0 Å². The average molecular weight is 239 g/mol. The molecule has 0 spiro atoms. The summed E-state index contributed by atoms with van der Waals surface area (Å²) >= 11 is 0. The SMILES string of the molecule is Nc1ccc(OCCC(=O)OCC(=O)O)cc1.